The molecule has 1 heterocycles. The van der Waals surface area contributed by atoms with Crippen LogP contribution in [0.4, 0.5) is 0 Å². The van der Waals surface area contributed by atoms with Gasteiger partial charge in [-0.2, -0.15) is 0 Å². The first-order valence-corrected chi connectivity index (χ1v) is 6.00. The van der Waals surface area contributed by atoms with Gasteiger partial charge in [-0.15, -0.1) is 0 Å². The van der Waals surface area contributed by atoms with Gasteiger partial charge in [0.2, 0.25) is 5.91 Å². The predicted molar refractivity (Wildman–Crippen MR) is 61.5 cm³/mol. The van der Waals surface area contributed by atoms with Crippen LogP contribution in [0.25, 0.3) is 0 Å². The number of carbonyl (C=O) groups is 1. The normalized spacial score (nSPS) is 17.7. The molecular weight excluding hydrogens is 190 g/mol. The average Bonchev–Trinajstić information content (AvgIpc) is 2.26. The van der Waals surface area contributed by atoms with Crippen molar-refractivity contribution in [1.29, 1.82) is 0 Å². The highest BCUT2D eigenvalue weighted by molar-refractivity contribution is 5.76. The zero-order chi connectivity index (χ0) is 10.9. The Kier molecular flexibility index (Phi) is 6.36. The van der Waals surface area contributed by atoms with Crippen LogP contribution in [-0.2, 0) is 4.79 Å². The molecule has 4 N–H and O–H groups in total. The molecule has 4 nitrogen and oxygen atoms in total. The number of amides is 1. The van der Waals surface area contributed by atoms with Crippen LogP contribution in [0.2, 0.25) is 0 Å². The minimum atomic E-state index is 0.207. The van der Waals surface area contributed by atoms with Crippen LogP contribution in [0.5, 0.6) is 0 Å². The zero-order valence-corrected chi connectivity index (χ0v) is 9.43. The van der Waals surface area contributed by atoms with Crippen LogP contribution < -0.4 is 16.4 Å². The molecule has 0 unspecified atom stereocenters. The molecule has 0 aromatic heterocycles. The lowest BCUT2D eigenvalue weighted by Crippen LogP contribution is -2.32. The number of carbonyl (C=O) groups excluding carboxylic acids is 1. The number of hydrogen-bond donors (Lipinski definition) is 3. The molecule has 15 heavy (non-hydrogen) atoms. The number of nitrogens with one attached hydrogen (secondary N) is 2. The number of rotatable bonds is 6. The fourth-order valence-electron chi connectivity index (χ4n) is 1.92. The third-order valence-corrected chi connectivity index (χ3v) is 2.89. The number of piperidine rings is 1. The smallest absolute Gasteiger partial charge is 0.220 e. The van der Waals surface area contributed by atoms with Crippen LogP contribution in [0.15, 0.2) is 0 Å². The molecule has 1 aliphatic heterocycles. The molecule has 1 amide bonds. The number of unbranched alkanes of at least 4 members (excludes halogenated alkanes) is 1. The van der Waals surface area contributed by atoms with E-state index in [1.807, 2.05) is 0 Å². The summed E-state index contributed by atoms with van der Waals surface area (Å²) in [6, 6.07) is 0. The fraction of sp³-hybridized carbons (Fsp3) is 0.909. The van der Waals surface area contributed by atoms with Gasteiger partial charge in [0.15, 0.2) is 0 Å². The first kappa shape index (κ1) is 12.5. The monoisotopic (exact) mass is 213 g/mol. The van der Waals surface area contributed by atoms with E-state index in [0.29, 0.717) is 18.9 Å². The van der Waals surface area contributed by atoms with E-state index < -0.39 is 0 Å². The van der Waals surface area contributed by atoms with Gasteiger partial charge in [-0.1, -0.05) is 0 Å². The molecule has 0 radical (unpaired) electrons. The fourth-order valence-corrected chi connectivity index (χ4v) is 1.92. The summed E-state index contributed by atoms with van der Waals surface area (Å²) in [5.74, 6) is 0.791. The van der Waals surface area contributed by atoms with E-state index in [2.05, 4.69) is 10.6 Å². The first-order chi connectivity index (χ1) is 7.33. The summed E-state index contributed by atoms with van der Waals surface area (Å²) in [5.41, 5.74) is 5.38. The van der Waals surface area contributed by atoms with Crippen LogP contribution in [0.1, 0.15) is 32.1 Å². The van der Waals surface area contributed by atoms with E-state index in [1.165, 1.54) is 0 Å². The summed E-state index contributed by atoms with van der Waals surface area (Å²) in [4.78, 5) is 11.5. The van der Waals surface area contributed by atoms with Crippen molar-refractivity contribution in [2.45, 2.75) is 32.1 Å². The zero-order valence-electron chi connectivity index (χ0n) is 9.43. The highest BCUT2D eigenvalue weighted by Gasteiger charge is 2.16. The van der Waals surface area contributed by atoms with Crippen LogP contribution >= 0.6 is 0 Å². The average molecular weight is 213 g/mol. The summed E-state index contributed by atoms with van der Waals surface area (Å²) in [5, 5.41) is 6.25. The van der Waals surface area contributed by atoms with E-state index in [-0.39, 0.29) is 5.91 Å². The van der Waals surface area contributed by atoms with Gasteiger partial charge in [0, 0.05) is 13.0 Å². The molecule has 1 fully saturated rings. The molecule has 0 aromatic rings. The van der Waals surface area contributed by atoms with Crippen LogP contribution in [0.3, 0.4) is 0 Å². The standard InChI is InChI=1S/C11H23N3O/c12-5-1-2-6-14-11(15)9-10-3-7-13-8-4-10/h10,13H,1-9,12H2,(H,14,15). The second kappa shape index (κ2) is 7.65. The van der Waals surface area contributed by atoms with Crippen molar-refractivity contribution in [3.63, 3.8) is 0 Å². The maximum Gasteiger partial charge on any atom is 0.220 e. The summed E-state index contributed by atoms with van der Waals surface area (Å²) >= 11 is 0. The molecule has 0 spiro atoms. The maximum atomic E-state index is 11.5. The van der Waals surface area contributed by atoms with Crippen molar-refractivity contribution in [3.05, 3.63) is 0 Å². The summed E-state index contributed by atoms with van der Waals surface area (Å²) in [7, 11) is 0. The van der Waals surface area contributed by atoms with Crippen molar-refractivity contribution in [3.8, 4) is 0 Å². The quantitative estimate of drug-likeness (QED) is 0.553. The second-order valence-corrected chi connectivity index (χ2v) is 4.24. The summed E-state index contributed by atoms with van der Waals surface area (Å²) in [6.45, 7) is 3.61. The number of nitrogens with two attached hydrogens (primary N) is 1. The molecular formula is C11H23N3O. The second-order valence-electron chi connectivity index (χ2n) is 4.24. The highest BCUT2D eigenvalue weighted by atomic mass is 16.1. The number of hydrogen-bond acceptors (Lipinski definition) is 3. The Bertz CT molecular complexity index is 179. The predicted octanol–water partition coefficient (Wildman–Crippen LogP) is 0.231. The van der Waals surface area contributed by atoms with Crippen molar-refractivity contribution < 1.29 is 4.79 Å². The van der Waals surface area contributed by atoms with Gasteiger partial charge < -0.3 is 16.4 Å². The molecule has 1 aliphatic rings. The lowest BCUT2D eigenvalue weighted by Gasteiger charge is -2.21. The van der Waals surface area contributed by atoms with Gasteiger partial charge in [0.05, 0.1) is 0 Å². The van der Waals surface area contributed by atoms with Gasteiger partial charge in [0.1, 0.15) is 0 Å². The lowest BCUT2D eigenvalue weighted by molar-refractivity contribution is -0.122. The molecule has 0 aliphatic carbocycles. The molecule has 1 rings (SSSR count). The Morgan fingerprint density at radius 3 is 2.73 bits per heavy atom. The van der Waals surface area contributed by atoms with Gasteiger partial charge in [0.25, 0.3) is 0 Å². The van der Waals surface area contributed by atoms with Gasteiger partial charge in [-0.25, -0.2) is 0 Å². The van der Waals surface area contributed by atoms with E-state index in [1.54, 1.807) is 0 Å². The molecule has 4 heteroatoms. The molecule has 0 aromatic carbocycles. The van der Waals surface area contributed by atoms with Crippen molar-refractivity contribution in [1.82, 2.24) is 10.6 Å². The Hall–Kier alpha value is -0.610. The Labute approximate surface area is 92.0 Å². The Morgan fingerprint density at radius 2 is 2.07 bits per heavy atom. The first-order valence-electron chi connectivity index (χ1n) is 6.00. The minimum Gasteiger partial charge on any atom is -0.356 e. The topological polar surface area (TPSA) is 67.1 Å². The molecule has 88 valence electrons. The Morgan fingerprint density at radius 1 is 1.33 bits per heavy atom. The van der Waals surface area contributed by atoms with Crippen LogP contribution in [-0.4, -0.2) is 32.1 Å². The molecule has 0 saturated carbocycles. The largest absolute Gasteiger partial charge is 0.356 e. The lowest BCUT2D eigenvalue weighted by atomic mass is 9.94. The van der Waals surface area contributed by atoms with Gasteiger partial charge in [-0.3, -0.25) is 4.79 Å². The molecule has 0 atom stereocenters. The van der Waals surface area contributed by atoms with E-state index in [0.717, 1.165) is 45.3 Å². The van der Waals surface area contributed by atoms with E-state index in [9.17, 15) is 4.79 Å². The van der Waals surface area contributed by atoms with E-state index >= 15 is 0 Å². The van der Waals surface area contributed by atoms with Gasteiger partial charge in [-0.05, 0) is 51.2 Å². The highest BCUT2D eigenvalue weighted by Crippen LogP contribution is 2.15. The Balaban J connectivity index is 2.01. The van der Waals surface area contributed by atoms with Crippen molar-refractivity contribution in [2.75, 3.05) is 26.2 Å². The third kappa shape index (κ3) is 5.74. The third-order valence-electron chi connectivity index (χ3n) is 2.89. The molecule has 0 bridgehead atoms. The summed E-state index contributed by atoms with van der Waals surface area (Å²) in [6.07, 6.45) is 4.96. The summed E-state index contributed by atoms with van der Waals surface area (Å²) < 4.78 is 0. The SMILES string of the molecule is NCCCCNC(=O)CC1CCNCC1. The molecule has 1 saturated heterocycles. The van der Waals surface area contributed by atoms with E-state index in [4.69, 9.17) is 5.73 Å². The maximum absolute atomic E-state index is 11.5. The minimum absolute atomic E-state index is 0.207. The van der Waals surface area contributed by atoms with Crippen molar-refractivity contribution in [2.24, 2.45) is 11.7 Å². The van der Waals surface area contributed by atoms with Crippen LogP contribution in [0, 0.1) is 5.92 Å². The van der Waals surface area contributed by atoms with Crippen molar-refractivity contribution >= 4 is 5.91 Å². The van der Waals surface area contributed by atoms with Gasteiger partial charge >= 0.3 is 0 Å².